The molecule has 37 heavy (non-hydrogen) atoms. The fraction of sp³-hybridized carbons (Fsp3) is 0.485. The van der Waals surface area contributed by atoms with Crippen LogP contribution in [0.1, 0.15) is 64.5 Å². The quantitative estimate of drug-likeness (QED) is 0.211. The Morgan fingerprint density at radius 2 is 1.84 bits per heavy atom. The molecule has 1 saturated heterocycles. The van der Waals surface area contributed by atoms with Crippen molar-refractivity contribution in [2.24, 2.45) is 11.8 Å². The Morgan fingerprint density at radius 1 is 1.08 bits per heavy atom. The van der Waals surface area contributed by atoms with Crippen LogP contribution in [0.15, 0.2) is 55.1 Å². The molecule has 1 fully saturated rings. The number of nitrogens with one attached hydrogen (secondary N) is 1. The van der Waals surface area contributed by atoms with Gasteiger partial charge in [0.15, 0.2) is 0 Å². The lowest BCUT2D eigenvalue weighted by Gasteiger charge is -2.22. The molecule has 0 amide bonds. The maximum atomic E-state index is 14.9. The van der Waals surface area contributed by atoms with Crippen LogP contribution in [0.4, 0.5) is 10.1 Å². The lowest BCUT2D eigenvalue weighted by Crippen LogP contribution is -2.21. The first-order valence-electron chi connectivity index (χ1n) is 14.3. The molecule has 1 N–H and O–H groups in total. The summed E-state index contributed by atoms with van der Waals surface area (Å²) in [4.78, 5) is 7.44. The number of hydrogen-bond donors (Lipinski definition) is 1. The van der Waals surface area contributed by atoms with Gasteiger partial charge in [-0.25, -0.2) is 9.37 Å². The summed E-state index contributed by atoms with van der Waals surface area (Å²) in [6.07, 6.45) is 8.71. The highest BCUT2D eigenvalue weighted by molar-refractivity contribution is 5.95. The Hall–Kier alpha value is -2.72. The molecule has 2 heterocycles. The molecule has 1 aliphatic heterocycles. The van der Waals surface area contributed by atoms with Gasteiger partial charge in [-0.1, -0.05) is 70.9 Å². The Morgan fingerprint density at radius 3 is 2.49 bits per heavy atom. The van der Waals surface area contributed by atoms with E-state index in [1.54, 1.807) is 6.07 Å². The molecule has 2 aromatic carbocycles. The van der Waals surface area contributed by atoms with Gasteiger partial charge in [0, 0.05) is 29.7 Å². The maximum Gasteiger partial charge on any atom is 0.127 e. The minimum absolute atomic E-state index is 0.140. The SMILES string of the molecule is C=CC1CN(c2cc(-c3ccc(CCCCC)cc3)nc3cc(CC)c(F)cc23)CC1CCNC.CC. The van der Waals surface area contributed by atoms with Gasteiger partial charge in [0.2, 0.25) is 0 Å². The van der Waals surface area contributed by atoms with E-state index < -0.39 is 0 Å². The summed E-state index contributed by atoms with van der Waals surface area (Å²) < 4.78 is 14.9. The molecular weight excluding hydrogens is 457 g/mol. The van der Waals surface area contributed by atoms with Crippen LogP contribution in [0, 0.1) is 17.7 Å². The van der Waals surface area contributed by atoms with Gasteiger partial charge in [-0.3, -0.25) is 0 Å². The van der Waals surface area contributed by atoms with Crippen LogP contribution in [0.3, 0.4) is 0 Å². The number of benzene rings is 2. The van der Waals surface area contributed by atoms with Crippen molar-refractivity contribution >= 4 is 16.6 Å². The number of nitrogens with zero attached hydrogens (tertiary/aromatic N) is 2. The van der Waals surface area contributed by atoms with Crippen molar-refractivity contribution in [3.05, 3.63) is 72.1 Å². The fourth-order valence-electron chi connectivity index (χ4n) is 5.37. The number of aryl methyl sites for hydroxylation is 2. The Kier molecular flexibility index (Phi) is 11.1. The van der Waals surface area contributed by atoms with E-state index in [0.29, 0.717) is 18.3 Å². The molecule has 0 aliphatic carbocycles. The molecule has 0 radical (unpaired) electrons. The summed E-state index contributed by atoms with van der Waals surface area (Å²) in [5.74, 6) is 0.824. The van der Waals surface area contributed by atoms with Crippen molar-refractivity contribution < 1.29 is 4.39 Å². The van der Waals surface area contributed by atoms with Crippen LogP contribution in [0.2, 0.25) is 0 Å². The van der Waals surface area contributed by atoms with Gasteiger partial charge in [-0.05, 0) is 80.4 Å². The van der Waals surface area contributed by atoms with Crippen LogP contribution in [-0.4, -0.2) is 31.7 Å². The third-order valence-corrected chi connectivity index (χ3v) is 7.55. The Labute approximate surface area is 224 Å². The van der Waals surface area contributed by atoms with E-state index in [2.05, 4.69) is 60.1 Å². The highest BCUT2D eigenvalue weighted by atomic mass is 19.1. The van der Waals surface area contributed by atoms with E-state index in [-0.39, 0.29) is 5.82 Å². The normalized spacial score (nSPS) is 17.1. The monoisotopic (exact) mass is 503 g/mol. The van der Waals surface area contributed by atoms with E-state index >= 15 is 0 Å². The molecule has 3 nitrogen and oxygen atoms in total. The molecule has 1 aromatic heterocycles. The molecule has 1 aliphatic rings. The third kappa shape index (κ3) is 6.98. The number of halogens is 1. The average Bonchev–Trinajstić information content (AvgIpc) is 3.35. The highest BCUT2D eigenvalue weighted by Crippen LogP contribution is 2.38. The van der Waals surface area contributed by atoms with Crippen LogP contribution < -0.4 is 10.2 Å². The summed E-state index contributed by atoms with van der Waals surface area (Å²) in [5, 5.41) is 4.18. The molecule has 200 valence electrons. The van der Waals surface area contributed by atoms with Crippen LogP contribution in [0.25, 0.3) is 22.2 Å². The fourth-order valence-corrected chi connectivity index (χ4v) is 5.37. The minimum atomic E-state index is -0.140. The average molecular weight is 504 g/mol. The van der Waals surface area contributed by atoms with E-state index in [1.807, 2.05) is 33.9 Å². The summed E-state index contributed by atoms with van der Waals surface area (Å²) in [6, 6.07) is 14.6. The van der Waals surface area contributed by atoms with Crippen molar-refractivity contribution in [2.75, 3.05) is 31.6 Å². The van der Waals surface area contributed by atoms with E-state index in [1.165, 1.54) is 24.8 Å². The van der Waals surface area contributed by atoms with Crippen molar-refractivity contribution in [1.82, 2.24) is 10.3 Å². The standard InChI is InChI=1S/C31H40FN3.C2H6/c1-5-8-9-10-22-11-13-25(14-12-22)29-19-31(27-18-28(32)23(6-2)17-30(27)34-29)35-20-24(7-3)26(21-35)15-16-33-4;1-2/h7,11-14,17-19,24,26,33H,3,5-6,8-10,15-16,20-21H2,1-2,4H3;1-2H3. The summed E-state index contributed by atoms with van der Waals surface area (Å²) in [7, 11) is 2.00. The molecule has 0 saturated carbocycles. The van der Waals surface area contributed by atoms with E-state index in [0.717, 1.165) is 65.9 Å². The van der Waals surface area contributed by atoms with Crippen LogP contribution >= 0.6 is 0 Å². The van der Waals surface area contributed by atoms with Gasteiger partial charge in [0.05, 0.1) is 11.2 Å². The largest absolute Gasteiger partial charge is 0.370 e. The Balaban J connectivity index is 0.00000186. The second-order valence-corrected chi connectivity index (χ2v) is 9.95. The van der Waals surface area contributed by atoms with Crippen LogP contribution in [-0.2, 0) is 12.8 Å². The van der Waals surface area contributed by atoms with E-state index in [9.17, 15) is 4.39 Å². The molecular formula is C33H46FN3. The molecule has 0 bridgehead atoms. The molecule has 0 spiro atoms. The second-order valence-electron chi connectivity index (χ2n) is 9.95. The van der Waals surface area contributed by atoms with Crippen molar-refractivity contribution in [1.29, 1.82) is 0 Å². The predicted octanol–water partition coefficient (Wildman–Crippen LogP) is 8.21. The lowest BCUT2D eigenvalue weighted by molar-refractivity contribution is 0.450. The zero-order chi connectivity index (χ0) is 26.8. The first-order chi connectivity index (χ1) is 18.1. The third-order valence-electron chi connectivity index (χ3n) is 7.55. The van der Waals surface area contributed by atoms with Crippen molar-refractivity contribution in [3.63, 3.8) is 0 Å². The first kappa shape index (κ1) is 28.8. The Bertz CT molecular complexity index is 1140. The number of fused-ring (bicyclic) bond motifs is 1. The van der Waals surface area contributed by atoms with E-state index in [4.69, 9.17) is 4.98 Å². The number of aromatic nitrogens is 1. The topological polar surface area (TPSA) is 28.2 Å². The minimum Gasteiger partial charge on any atom is -0.370 e. The van der Waals surface area contributed by atoms with Gasteiger partial charge in [0.25, 0.3) is 0 Å². The number of pyridine rings is 1. The summed E-state index contributed by atoms with van der Waals surface area (Å²) >= 11 is 0. The number of anilines is 1. The van der Waals surface area contributed by atoms with Gasteiger partial charge in [-0.2, -0.15) is 0 Å². The van der Waals surface area contributed by atoms with Crippen molar-refractivity contribution in [3.8, 4) is 11.3 Å². The molecule has 4 rings (SSSR count). The zero-order valence-electron chi connectivity index (χ0n) is 23.6. The number of hydrogen-bond acceptors (Lipinski definition) is 3. The smallest absolute Gasteiger partial charge is 0.127 e. The predicted molar refractivity (Wildman–Crippen MR) is 159 cm³/mol. The number of unbranched alkanes of at least 4 members (excludes halogenated alkanes) is 2. The maximum absolute atomic E-state index is 14.9. The van der Waals surface area contributed by atoms with Gasteiger partial charge in [-0.15, -0.1) is 6.58 Å². The molecule has 2 atom stereocenters. The van der Waals surface area contributed by atoms with Crippen LogP contribution in [0.5, 0.6) is 0 Å². The number of rotatable bonds is 11. The van der Waals surface area contributed by atoms with Gasteiger partial charge >= 0.3 is 0 Å². The summed E-state index contributed by atoms with van der Waals surface area (Å²) in [5.41, 5.74) is 6.11. The molecule has 4 heteroatoms. The zero-order valence-corrected chi connectivity index (χ0v) is 23.6. The van der Waals surface area contributed by atoms with Gasteiger partial charge in [0.1, 0.15) is 5.82 Å². The van der Waals surface area contributed by atoms with Crippen molar-refractivity contribution in [2.45, 2.75) is 66.2 Å². The van der Waals surface area contributed by atoms with Gasteiger partial charge < -0.3 is 10.2 Å². The second kappa shape index (κ2) is 14.3. The first-order valence-corrected chi connectivity index (χ1v) is 14.3. The molecule has 3 aromatic rings. The summed E-state index contributed by atoms with van der Waals surface area (Å²) in [6.45, 7) is 15.2. The highest BCUT2D eigenvalue weighted by Gasteiger charge is 2.31. The lowest BCUT2D eigenvalue weighted by atomic mass is 9.93. The molecule has 2 unspecified atom stereocenters.